The van der Waals surface area contributed by atoms with Gasteiger partial charge >= 0.3 is 0 Å². The Kier molecular flexibility index (Phi) is 15.7. The first-order valence-electron chi connectivity index (χ1n) is 25.3. The highest BCUT2D eigenvalue weighted by Gasteiger charge is 2.27. The summed E-state index contributed by atoms with van der Waals surface area (Å²) >= 11 is 0. The molecule has 9 aromatic rings. The molecule has 11 rings (SSSR count). The van der Waals surface area contributed by atoms with Gasteiger partial charge in [-0.1, -0.05) is 12.1 Å². The van der Waals surface area contributed by atoms with Crippen molar-refractivity contribution in [2.24, 2.45) is 5.92 Å². The van der Waals surface area contributed by atoms with E-state index in [0.717, 1.165) is 98.0 Å². The fourth-order valence-electron chi connectivity index (χ4n) is 9.77. The number of rotatable bonds is 17. The number of hydrogen-bond acceptors (Lipinski definition) is 12. The zero-order valence-corrected chi connectivity index (χ0v) is 41.7. The van der Waals surface area contributed by atoms with E-state index in [4.69, 9.17) is 9.47 Å². The number of aromatic nitrogens is 8. The average molecular weight is 996 g/mol. The van der Waals surface area contributed by atoms with Crippen molar-refractivity contribution in [1.82, 2.24) is 53.7 Å². The van der Waals surface area contributed by atoms with Crippen LogP contribution in [0.25, 0.3) is 56.5 Å². The van der Waals surface area contributed by atoms with E-state index in [1.165, 1.54) is 37.2 Å². The summed E-state index contributed by atoms with van der Waals surface area (Å²) in [4.78, 5) is 46.3. The summed E-state index contributed by atoms with van der Waals surface area (Å²) in [6.07, 6.45) is 11.5. The minimum Gasteiger partial charge on any atom is -0.494 e. The molecule has 0 amide bonds. The van der Waals surface area contributed by atoms with E-state index < -0.39 is 0 Å². The molecule has 14 nitrogen and oxygen atoms in total. The number of imidazole rings is 2. The van der Waals surface area contributed by atoms with Crippen LogP contribution >= 0.6 is 0 Å². The SMILES string of the molecule is CN(C)C1CCN(CCCOc2ccc(-n3c(-c4ccccn4)nc4cc(F)ccc43)cc2)C1.O=C(c1ncccn1)C1CCN(CCCOc2ccc(-n3c(-c4ccccn4)nc4cc(F)ccc43)cc2)CC1. The van der Waals surface area contributed by atoms with Crippen molar-refractivity contribution in [3.63, 3.8) is 0 Å². The first kappa shape index (κ1) is 49.8. The van der Waals surface area contributed by atoms with Crippen LogP contribution in [0.15, 0.2) is 152 Å². The zero-order valence-electron chi connectivity index (χ0n) is 41.7. The zero-order chi connectivity index (χ0) is 50.8. The van der Waals surface area contributed by atoms with Gasteiger partial charge in [-0.3, -0.25) is 23.9 Å². The Bertz CT molecular complexity index is 3260. The number of carbonyl (C=O) groups excluding carboxylic acids is 1. The van der Waals surface area contributed by atoms with Gasteiger partial charge in [0.1, 0.15) is 34.5 Å². The maximum atomic E-state index is 13.9. The molecule has 0 aliphatic carbocycles. The smallest absolute Gasteiger partial charge is 0.203 e. The molecule has 1 atom stereocenters. The Balaban J connectivity index is 0.000000172. The fourth-order valence-corrected chi connectivity index (χ4v) is 9.77. The molecular weight excluding hydrogens is 937 g/mol. The van der Waals surface area contributed by atoms with Gasteiger partial charge in [-0.05, 0) is 169 Å². The minimum absolute atomic E-state index is 0.00163. The van der Waals surface area contributed by atoms with Crippen LogP contribution in [0.2, 0.25) is 0 Å². The van der Waals surface area contributed by atoms with Crippen molar-refractivity contribution in [1.29, 1.82) is 0 Å². The number of halogens is 2. The topological polar surface area (TPSA) is 132 Å². The lowest BCUT2D eigenvalue weighted by atomic mass is 9.92. The number of carbonyl (C=O) groups is 1. The number of fused-ring (bicyclic) bond motifs is 2. The molecule has 2 aliphatic heterocycles. The molecule has 1 unspecified atom stereocenters. The van der Waals surface area contributed by atoms with Crippen LogP contribution in [0.4, 0.5) is 8.78 Å². The Hall–Kier alpha value is -7.79. The van der Waals surface area contributed by atoms with E-state index in [-0.39, 0.29) is 23.3 Å². The average Bonchev–Trinajstić information content (AvgIpc) is 4.19. The third-order valence-corrected chi connectivity index (χ3v) is 13.7. The maximum Gasteiger partial charge on any atom is 0.203 e. The van der Waals surface area contributed by atoms with Crippen molar-refractivity contribution in [2.45, 2.75) is 38.1 Å². The molecule has 378 valence electrons. The van der Waals surface area contributed by atoms with Crippen LogP contribution in [0, 0.1) is 17.6 Å². The molecule has 2 aliphatic rings. The van der Waals surface area contributed by atoms with Gasteiger partial charge in [-0.2, -0.15) is 0 Å². The van der Waals surface area contributed by atoms with Crippen molar-refractivity contribution in [3.8, 4) is 45.9 Å². The second-order valence-electron chi connectivity index (χ2n) is 18.9. The fraction of sp³-hybridized carbons (Fsp3) is 0.293. The Morgan fingerprint density at radius 1 is 0.581 bits per heavy atom. The maximum absolute atomic E-state index is 13.9. The predicted octanol–water partition coefficient (Wildman–Crippen LogP) is 10.0. The lowest BCUT2D eigenvalue weighted by Gasteiger charge is -2.30. The molecule has 0 bridgehead atoms. The molecule has 0 radical (unpaired) electrons. The minimum atomic E-state index is -0.326. The summed E-state index contributed by atoms with van der Waals surface area (Å²) in [5.41, 5.74) is 6.06. The number of likely N-dealkylation sites (tertiary alicyclic amines) is 2. The number of likely N-dealkylation sites (N-methyl/N-ethyl adjacent to an activating group) is 1. The standard InChI is InChI=1S/C31H29FN6O2.C27H30FN5O/c32-23-6-11-28-27(21-23)36-31(26-5-1-2-14-33-26)38(28)24-7-9-25(10-8-24)40-20-4-17-37-18-12-22(13-19-37)29(39)30-34-15-3-16-35-30;1-31(2)22-13-16-32(19-22)15-5-17-34-23-10-8-21(9-11-23)33-26-12-7-20(28)18-25(26)30-27(33)24-6-3-4-14-29-24/h1-3,5-11,14-16,21-22H,4,12-13,17-20H2;3-4,6-12,14,18,22H,5,13,15-17,19H2,1-2H3. The second-order valence-corrected chi connectivity index (χ2v) is 18.9. The molecule has 74 heavy (non-hydrogen) atoms. The van der Waals surface area contributed by atoms with Crippen LogP contribution < -0.4 is 9.47 Å². The summed E-state index contributed by atoms with van der Waals surface area (Å²) in [6, 6.07) is 38.8. The van der Waals surface area contributed by atoms with Gasteiger partial charge in [0, 0.05) is 79.9 Å². The highest BCUT2D eigenvalue weighted by atomic mass is 19.1. The number of hydrogen-bond donors (Lipinski definition) is 0. The molecular formula is C58H59F2N11O3. The highest BCUT2D eigenvalue weighted by Crippen LogP contribution is 2.31. The number of nitrogens with zero attached hydrogens (tertiary/aromatic N) is 11. The van der Waals surface area contributed by atoms with E-state index in [0.29, 0.717) is 53.5 Å². The van der Waals surface area contributed by atoms with Crippen LogP contribution in [0.5, 0.6) is 11.5 Å². The van der Waals surface area contributed by atoms with Crippen LogP contribution in [0.1, 0.15) is 42.7 Å². The van der Waals surface area contributed by atoms with Gasteiger partial charge in [-0.25, -0.2) is 28.7 Å². The monoisotopic (exact) mass is 995 g/mol. The summed E-state index contributed by atoms with van der Waals surface area (Å²) < 4.78 is 43.8. The first-order chi connectivity index (χ1) is 36.2. The molecule has 0 N–H and O–H groups in total. The van der Waals surface area contributed by atoms with Gasteiger partial charge in [0.15, 0.2) is 17.5 Å². The predicted molar refractivity (Wildman–Crippen MR) is 283 cm³/mol. The van der Waals surface area contributed by atoms with Crippen molar-refractivity contribution in [3.05, 3.63) is 170 Å². The second kappa shape index (κ2) is 23.4. The van der Waals surface area contributed by atoms with E-state index in [1.54, 1.807) is 43.0 Å². The third kappa shape index (κ3) is 11.8. The summed E-state index contributed by atoms with van der Waals surface area (Å²) in [7, 11) is 4.32. The number of Topliss-reactive ketones (excluding diaryl/α,β-unsaturated/α-hetero) is 1. The number of piperidine rings is 1. The van der Waals surface area contributed by atoms with Gasteiger partial charge in [0.2, 0.25) is 5.78 Å². The molecule has 2 saturated heterocycles. The lowest BCUT2D eigenvalue weighted by Crippen LogP contribution is -2.37. The number of pyridine rings is 2. The molecule has 5 aromatic heterocycles. The Labute approximate surface area is 429 Å². The van der Waals surface area contributed by atoms with E-state index >= 15 is 0 Å². The van der Waals surface area contributed by atoms with Crippen molar-refractivity contribution >= 4 is 27.9 Å². The van der Waals surface area contributed by atoms with Crippen molar-refractivity contribution < 1.29 is 23.0 Å². The van der Waals surface area contributed by atoms with Gasteiger partial charge in [-0.15, -0.1) is 0 Å². The van der Waals surface area contributed by atoms with Crippen LogP contribution in [-0.4, -0.2) is 132 Å². The number of ketones is 1. The molecule has 16 heteroatoms. The normalized spacial score (nSPS) is 15.4. The Morgan fingerprint density at radius 3 is 1.54 bits per heavy atom. The summed E-state index contributed by atoms with van der Waals surface area (Å²) in [5.74, 6) is 2.69. The molecule has 4 aromatic carbocycles. The molecule has 0 saturated carbocycles. The summed E-state index contributed by atoms with van der Waals surface area (Å²) in [6.45, 7) is 7.36. The molecule has 0 spiro atoms. The van der Waals surface area contributed by atoms with Crippen LogP contribution in [0.3, 0.4) is 0 Å². The highest BCUT2D eigenvalue weighted by molar-refractivity contribution is 5.94. The first-order valence-corrected chi connectivity index (χ1v) is 25.3. The van der Waals surface area contributed by atoms with E-state index in [2.05, 4.69) is 58.7 Å². The largest absolute Gasteiger partial charge is 0.494 e. The van der Waals surface area contributed by atoms with Gasteiger partial charge < -0.3 is 24.2 Å². The van der Waals surface area contributed by atoms with Crippen LogP contribution in [-0.2, 0) is 0 Å². The molecule has 7 heterocycles. The Morgan fingerprint density at radius 2 is 1.07 bits per heavy atom. The quantitative estimate of drug-likeness (QED) is 0.0636. The number of benzene rings is 4. The van der Waals surface area contributed by atoms with E-state index in [9.17, 15) is 13.6 Å². The van der Waals surface area contributed by atoms with Gasteiger partial charge in [0.05, 0.1) is 35.3 Å². The molecule has 2 fully saturated rings. The van der Waals surface area contributed by atoms with Gasteiger partial charge in [0.25, 0.3) is 0 Å². The third-order valence-electron chi connectivity index (χ3n) is 13.7. The summed E-state index contributed by atoms with van der Waals surface area (Å²) in [5, 5.41) is 0. The lowest BCUT2D eigenvalue weighted by molar-refractivity contribution is 0.0824. The van der Waals surface area contributed by atoms with E-state index in [1.807, 2.05) is 94.1 Å². The number of ether oxygens (including phenoxy) is 2. The van der Waals surface area contributed by atoms with Crippen molar-refractivity contribution in [2.75, 3.05) is 66.6 Å².